The Morgan fingerprint density at radius 2 is 1.70 bits per heavy atom. The number of thiophene rings is 1. The number of aromatic nitrogens is 2. The maximum atomic E-state index is 6.14. The summed E-state index contributed by atoms with van der Waals surface area (Å²) in [5.74, 6) is 0.548. The van der Waals surface area contributed by atoms with Crippen molar-refractivity contribution in [3.63, 3.8) is 0 Å². The van der Waals surface area contributed by atoms with Crippen molar-refractivity contribution in [3.05, 3.63) is 43.9 Å². The number of halogens is 4. The van der Waals surface area contributed by atoms with Gasteiger partial charge in [-0.2, -0.15) is 4.98 Å². The Morgan fingerprint density at radius 1 is 1.00 bits per heavy atom. The van der Waals surface area contributed by atoms with E-state index < -0.39 is 0 Å². The third-order valence-electron chi connectivity index (χ3n) is 2.55. The molecule has 0 saturated carbocycles. The minimum absolute atomic E-state index is 0.156. The molecule has 2 heterocycles. The Bertz CT molecular complexity index is 779. The molecule has 2 aromatic heterocycles. The van der Waals surface area contributed by atoms with E-state index in [4.69, 9.17) is 46.4 Å². The minimum Gasteiger partial charge on any atom is -0.337 e. The Morgan fingerprint density at radius 3 is 2.40 bits per heavy atom. The number of fused-ring (bicyclic) bond motifs is 1. The highest BCUT2D eigenvalue weighted by Gasteiger charge is 2.13. The highest BCUT2D eigenvalue weighted by Crippen LogP contribution is 2.37. The lowest BCUT2D eigenvalue weighted by atomic mass is 10.3. The lowest BCUT2D eigenvalue weighted by Gasteiger charge is -2.11. The minimum atomic E-state index is 0.156. The first kappa shape index (κ1) is 14.2. The number of nitrogens with zero attached hydrogens (tertiary/aromatic N) is 2. The molecule has 0 aliphatic heterocycles. The molecule has 0 radical (unpaired) electrons. The fourth-order valence-electron chi connectivity index (χ4n) is 1.70. The first-order chi connectivity index (χ1) is 9.54. The molecule has 0 aliphatic carbocycles. The van der Waals surface area contributed by atoms with E-state index >= 15 is 0 Å². The summed E-state index contributed by atoms with van der Waals surface area (Å²) in [6, 6.07) is 5.10. The van der Waals surface area contributed by atoms with Crippen LogP contribution >= 0.6 is 57.7 Å². The molecule has 3 nitrogen and oxygen atoms in total. The van der Waals surface area contributed by atoms with Crippen LogP contribution in [0.5, 0.6) is 0 Å². The van der Waals surface area contributed by atoms with Crippen molar-refractivity contribution >= 4 is 79.5 Å². The molecule has 1 aromatic carbocycles. The molecular formula is C12H5Cl4N3S. The van der Waals surface area contributed by atoms with Gasteiger partial charge in [-0.3, -0.25) is 0 Å². The van der Waals surface area contributed by atoms with Crippen LogP contribution in [0.1, 0.15) is 0 Å². The van der Waals surface area contributed by atoms with E-state index in [-0.39, 0.29) is 5.28 Å². The molecular weight excluding hydrogens is 360 g/mol. The zero-order valence-electron chi connectivity index (χ0n) is 9.62. The van der Waals surface area contributed by atoms with Gasteiger partial charge in [0.25, 0.3) is 0 Å². The van der Waals surface area contributed by atoms with E-state index in [1.165, 1.54) is 11.3 Å². The van der Waals surface area contributed by atoms with Gasteiger partial charge < -0.3 is 5.32 Å². The van der Waals surface area contributed by atoms with Crippen molar-refractivity contribution in [2.24, 2.45) is 0 Å². The van der Waals surface area contributed by atoms with Gasteiger partial charge in [0.15, 0.2) is 0 Å². The molecule has 0 aliphatic rings. The van der Waals surface area contributed by atoms with Gasteiger partial charge in [0.05, 0.1) is 21.1 Å². The maximum absolute atomic E-state index is 6.14. The lowest BCUT2D eigenvalue weighted by molar-refractivity contribution is 1.23. The smallest absolute Gasteiger partial charge is 0.225 e. The van der Waals surface area contributed by atoms with E-state index in [1.54, 1.807) is 12.1 Å². The average molecular weight is 365 g/mol. The van der Waals surface area contributed by atoms with Gasteiger partial charge in [-0.05, 0) is 35.2 Å². The Kier molecular flexibility index (Phi) is 3.93. The molecule has 1 N–H and O–H groups in total. The fourth-order valence-corrected chi connectivity index (χ4v) is 3.60. The second-order valence-electron chi connectivity index (χ2n) is 3.85. The van der Waals surface area contributed by atoms with Crippen LogP contribution in [-0.2, 0) is 0 Å². The lowest BCUT2D eigenvalue weighted by Crippen LogP contribution is -1.97. The molecule has 0 amide bonds. The van der Waals surface area contributed by atoms with Crippen molar-refractivity contribution < 1.29 is 0 Å². The van der Waals surface area contributed by atoms with Gasteiger partial charge in [0.1, 0.15) is 10.6 Å². The van der Waals surface area contributed by atoms with Gasteiger partial charge >= 0.3 is 0 Å². The summed E-state index contributed by atoms with van der Waals surface area (Å²) in [7, 11) is 0. The monoisotopic (exact) mass is 363 g/mol. The van der Waals surface area contributed by atoms with Crippen LogP contribution in [0.2, 0.25) is 20.4 Å². The third kappa shape index (κ3) is 2.67. The predicted molar refractivity (Wildman–Crippen MR) is 87.2 cm³/mol. The number of rotatable bonds is 2. The number of benzene rings is 1. The fraction of sp³-hybridized carbons (Fsp3) is 0. The summed E-state index contributed by atoms with van der Waals surface area (Å²) in [5.41, 5.74) is 0.528. The van der Waals surface area contributed by atoms with Crippen molar-refractivity contribution in [3.8, 4) is 0 Å². The molecule has 0 fully saturated rings. The second-order valence-corrected chi connectivity index (χ2v) is 6.33. The molecule has 3 aromatic rings. The van der Waals surface area contributed by atoms with Gasteiger partial charge in [-0.1, -0.05) is 34.8 Å². The summed E-state index contributed by atoms with van der Waals surface area (Å²) in [5, 5.41) is 7.27. The standard InChI is InChI=1S/C12H5Cl4N3S/c13-5-3-7(14)9(8(15)4-5)17-10-6-1-2-20-11(6)19-12(16)18-10/h1-4H,(H,17,18,19). The van der Waals surface area contributed by atoms with Crippen molar-refractivity contribution in [2.75, 3.05) is 5.32 Å². The normalized spacial score (nSPS) is 11.0. The summed E-state index contributed by atoms with van der Waals surface area (Å²) < 4.78 is 0. The summed E-state index contributed by atoms with van der Waals surface area (Å²) >= 11 is 25.6. The number of hydrogen-bond acceptors (Lipinski definition) is 4. The Labute approximate surface area is 138 Å². The molecule has 0 atom stereocenters. The highest BCUT2D eigenvalue weighted by molar-refractivity contribution is 7.16. The molecule has 8 heteroatoms. The first-order valence-electron chi connectivity index (χ1n) is 5.37. The molecule has 0 spiro atoms. The van der Waals surface area contributed by atoms with Crippen LogP contribution in [0.3, 0.4) is 0 Å². The number of hydrogen-bond donors (Lipinski definition) is 1. The predicted octanol–water partition coefficient (Wildman–Crippen LogP) is 6.05. The summed E-state index contributed by atoms with van der Waals surface area (Å²) in [6.07, 6.45) is 0. The summed E-state index contributed by atoms with van der Waals surface area (Å²) in [4.78, 5) is 9.10. The molecule has 3 rings (SSSR count). The molecule has 20 heavy (non-hydrogen) atoms. The summed E-state index contributed by atoms with van der Waals surface area (Å²) in [6.45, 7) is 0. The van der Waals surface area contributed by atoms with Crippen molar-refractivity contribution in [2.45, 2.75) is 0 Å². The van der Waals surface area contributed by atoms with Crippen LogP contribution in [0.15, 0.2) is 23.6 Å². The highest BCUT2D eigenvalue weighted by atomic mass is 35.5. The van der Waals surface area contributed by atoms with E-state index in [2.05, 4.69) is 15.3 Å². The Balaban J connectivity index is 2.12. The second kappa shape index (κ2) is 5.54. The van der Waals surface area contributed by atoms with Gasteiger partial charge in [-0.25, -0.2) is 4.98 Å². The van der Waals surface area contributed by atoms with E-state index in [0.717, 1.165) is 10.2 Å². The van der Waals surface area contributed by atoms with E-state index in [9.17, 15) is 0 Å². The quantitative estimate of drug-likeness (QED) is 0.562. The Hall–Kier alpha value is -0.780. The van der Waals surface area contributed by atoms with Crippen LogP contribution < -0.4 is 5.32 Å². The SMILES string of the molecule is Clc1cc(Cl)c(Nc2nc(Cl)nc3sccc23)c(Cl)c1. The average Bonchev–Trinajstić information content (AvgIpc) is 2.81. The number of anilines is 2. The molecule has 0 saturated heterocycles. The zero-order valence-corrected chi connectivity index (χ0v) is 13.5. The maximum Gasteiger partial charge on any atom is 0.225 e. The third-order valence-corrected chi connectivity index (χ3v) is 4.34. The van der Waals surface area contributed by atoms with Crippen LogP contribution in [0.25, 0.3) is 10.2 Å². The van der Waals surface area contributed by atoms with Crippen molar-refractivity contribution in [1.29, 1.82) is 0 Å². The number of nitrogens with one attached hydrogen (secondary N) is 1. The first-order valence-corrected chi connectivity index (χ1v) is 7.76. The van der Waals surface area contributed by atoms with E-state index in [1.807, 2.05) is 11.4 Å². The van der Waals surface area contributed by atoms with Gasteiger partial charge in [0, 0.05) is 5.02 Å². The van der Waals surface area contributed by atoms with Crippen LogP contribution in [0.4, 0.5) is 11.5 Å². The van der Waals surface area contributed by atoms with Crippen LogP contribution in [-0.4, -0.2) is 9.97 Å². The van der Waals surface area contributed by atoms with Crippen molar-refractivity contribution in [1.82, 2.24) is 9.97 Å². The van der Waals surface area contributed by atoms with Gasteiger partial charge in [0.2, 0.25) is 5.28 Å². The largest absolute Gasteiger partial charge is 0.337 e. The zero-order chi connectivity index (χ0) is 14.3. The molecule has 0 bridgehead atoms. The van der Waals surface area contributed by atoms with Crippen LogP contribution in [0, 0.1) is 0 Å². The molecule has 102 valence electrons. The topological polar surface area (TPSA) is 37.8 Å². The molecule has 0 unspecified atom stereocenters. The van der Waals surface area contributed by atoms with E-state index in [0.29, 0.717) is 26.6 Å². The van der Waals surface area contributed by atoms with Gasteiger partial charge in [-0.15, -0.1) is 11.3 Å².